The molecular formula is C12H16N2O2. The van der Waals surface area contributed by atoms with Gasteiger partial charge in [0.2, 0.25) is 0 Å². The monoisotopic (exact) mass is 220 g/mol. The van der Waals surface area contributed by atoms with E-state index in [1.54, 1.807) is 0 Å². The second-order valence-corrected chi connectivity index (χ2v) is 3.67. The van der Waals surface area contributed by atoms with Crippen molar-refractivity contribution in [3.63, 3.8) is 0 Å². The predicted molar refractivity (Wildman–Crippen MR) is 62.7 cm³/mol. The molecule has 1 aliphatic heterocycles. The Hall–Kier alpha value is -1.55. The first-order valence-electron chi connectivity index (χ1n) is 5.49. The quantitative estimate of drug-likeness (QED) is 0.837. The van der Waals surface area contributed by atoms with Crippen LogP contribution in [0.5, 0.6) is 5.75 Å². The lowest BCUT2D eigenvalue weighted by Gasteiger charge is -2.05. The number of hydrogen-bond donors (Lipinski definition) is 1. The average Bonchev–Trinajstić information content (AvgIpc) is 2.78. The van der Waals surface area contributed by atoms with E-state index >= 15 is 0 Å². The van der Waals surface area contributed by atoms with Crippen LogP contribution in [0.2, 0.25) is 0 Å². The Morgan fingerprint density at radius 3 is 3.12 bits per heavy atom. The largest absolute Gasteiger partial charge is 0.494 e. The summed E-state index contributed by atoms with van der Waals surface area (Å²) in [5, 5.41) is 4.04. The van der Waals surface area contributed by atoms with Crippen LogP contribution in [-0.4, -0.2) is 25.0 Å². The Morgan fingerprint density at radius 2 is 2.44 bits per heavy atom. The molecule has 0 amide bonds. The minimum Gasteiger partial charge on any atom is -0.494 e. The van der Waals surface area contributed by atoms with Crippen LogP contribution < -0.4 is 10.5 Å². The molecule has 86 valence electrons. The predicted octanol–water partition coefficient (Wildman–Crippen LogP) is 1.54. The third kappa shape index (κ3) is 2.33. The van der Waals surface area contributed by atoms with E-state index in [0.29, 0.717) is 13.2 Å². The smallest absolute Gasteiger partial charge is 0.145 e. The van der Waals surface area contributed by atoms with Crippen LogP contribution in [0.15, 0.2) is 29.4 Å². The highest BCUT2D eigenvalue weighted by Crippen LogP contribution is 2.19. The lowest BCUT2D eigenvalue weighted by Crippen LogP contribution is -2.20. The summed E-state index contributed by atoms with van der Waals surface area (Å²) < 4.78 is 5.44. The maximum Gasteiger partial charge on any atom is 0.145 e. The van der Waals surface area contributed by atoms with Gasteiger partial charge in [-0.25, -0.2) is 0 Å². The molecule has 4 nitrogen and oxygen atoms in total. The van der Waals surface area contributed by atoms with E-state index in [4.69, 9.17) is 15.3 Å². The van der Waals surface area contributed by atoms with E-state index in [1.807, 2.05) is 31.2 Å². The number of benzene rings is 1. The standard InChI is InChI=1S/C12H16N2O2/c1-2-15-10-5-3-4-9(6-10)12-7-11(8-13)16-14-12/h3-6,11H,2,7-8,13H2,1H3. The Morgan fingerprint density at radius 1 is 1.56 bits per heavy atom. The highest BCUT2D eigenvalue weighted by molar-refractivity contribution is 6.01. The molecule has 1 unspecified atom stereocenters. The van der Waals surface area contributed by atoms with Crippen LogP contribution in [0, 0.1) is 0 Å². The topological polar surface area (TPSA) is 56.8 Å². The Bertz CT molecular complexity index is 390. The van der Waals surface area contributed by atoms with Crippen molar-refractivity contribution in [2.45, 2.75) is 19.4 Å². The van der Waals surface area contributed by atoms with Gasteiger partial charge in [-0.05, 0) is 19.1 Å². The number of hydrogen-bond acceptors (Lipinski definition) is 4. The highest BCUT2D eigenvalue weighted by atomic mass is 16.6. The van der Waals surface area contributed by atoms with Gasteiger partial charge in [0.05, 0.1) is 12.3 Å². The fraction of sp³-hybridized carbons (Fsp3) is 0.417. The third-order valence-corrected chi connectivity index (χ3v) is 2.47. The van der Waals surface area contributed by atoms with Gasteiger partial charge in [0.1, 0.15) is 11.9 Å². The number of oxime groups is 1. The van der Waals surface area contributed by atoms with Crippen molar-refractivity contribution in [2.75, 3.05) is 13.2 Å². The van der Waals surface area contributed by atoms with E-state index in [2.05, 4.69) is 5.16 Å². The van der Waals surface area contributed by atoms with E-state index < -0.39 is 0 Å². The van der Waals surface area contributed by atoms with Crippen LogP contribution >= 0.6 is 0 Å². The van der Waals surface area contributed by atoms with Gasteiger partial charge in [-0.2, -0.15) is 0 Å². The molecule has 4 heteroatoms. The molecule has 1 atom stereocenters. The van der Waals surface area contributed by atoms with Crippen LogP contribution in [0.25, 0.3) is 0 Å². The average molecular weight is 220 g/mol. The molecular weight excluding hydrogens is 204 g/mol. The second-order valence-electron chi connectivity index (χ2n) is 3.67. The molecule has 16 heavy (non-hydrogen) atoms. The zero-order valence-electron chi connectivity index (χ0n) is 9.35. The molecule has 0 bridgehead atoms. The first-order valence-corrected chi connectivity index (χ1v) is 5.49. The lowest BCUT2D eigenvalue weighted by molar-refractivity contribution is 0.0918. The van der Waals surface area contributed by atoms with Crippen LogP contribution in [0.4, 0.5) is 0 Å². The molecule has 0 fully saturated rings. The molecule has 0 saturated carbocycles. The summed E-state index contributed by atoms with van der Waals surface area (Å²) in [6.07, 6.45) is 0.789. The zero-order valence-corrected chi connectivity index (χ0v) is 9.35. The van der Waals surface area contributed by atoms with E-state index in [0.717, 1.165) is 23.4 Å². The van der Waals surface area contributed by atoms with E-state index in [-0.39, 0.29) is 6.10 Å². The van der Waals surface area contributed by atoms with Gasteiger partial charge in [-0.15, -0.1) is 0 Å². The molecule has 0 radical (unpaired) electrons. The summed E-state index contributed by atoms with van der Waals surface area (Å²) in [6, 6.07) is 7.87. The van der Waals surface area contributed by atoms with Crippen molar-refractivity contribution in [1.29, 1.82) is 0 Å². The maximum absolute atomic E-state index is 5.53. The molecule has 0 saturated heterocycles. The van der Waals surface area contributed by atoms with Crippen molar-refractivity contribution < 1.29 is 9.57 Å². The molecule has 0 aromatic heterocycles. The van der Waals surface area contributed by atoms with Gasteiger partial charge in [0.15, 0.2) is 0 Å². The Balaban J connectivity index is 2.12. The fourth-order valence-electron chi connectivity index (χ4n) is 1.66. The summed E-state index contributed by atoms with van der Waals surface area (Å²) in [4.78, 5) is 5.19. The first-order chi connectivity index (χ1) is 7.83. The van der Waals surface area contributed by atoms with E-state index in [1.165, 1.54) is 0 Å². The minimum atomic E-state index is 0.0192. The number of ether oxygens (including phenoxy) is 1. The van der Waals surface area contributed by atoms with Crippen LogP contribution in [-0.2, 0) is 4.84 Å². The summed E-state index contributed by atoms with van der Waals surface area (Å²) >= 11 is 0. The summed E-state index contributed by atoms with van der Waals surface area (Å²) in [5.74, 6) is 0.860. The number of nitrogens with zero attached hydrogens (tertiary/aromatic N) is 1. The van der Waals surface area contributed by atoms with Gasteiger partial charge in [-0.3, -0.25) is 0 Å². The number of nitrogens with two attached hydrogens (primary N) is 1. The molecule has 1 aromatic carbocycles. The van der Waals surface area contributed by atoms with Crippen molar-refractivity contribution >= 4 is 5.71 Å². The normalized spacial score (nSPS) is 19.1. The Labute approximate surface area is 95.0 Å². The SMILES string of the molecule is CCOc1cccc(C2=NOC(CN)C2)c1. The van der Waals surface area contributed by atoms with Crippen molar-refractivity contribution in [1.82, 2.24) is 0 Å². The second kappa shape index (κ2) is 4.99. The van der Waals surface area contributed by atoms with Gasteiger partial charge in [0, 0.05) is 18.5 Å². The summed E-state index contributed by atoms with van der Waals surface area (Å²) in [5.41, 5.74) is 7.51. The van der Waals surface area contributed by atoms with Gasteiger partial charge in [-0.1, -0.05) is 17.3 Å². The van der Waals surface area contributed by atoms with Gasteiger partial charge < -0.3 is 15.3 Å². The van der Waals surface area contributed by atoms with Crippen LogP contribution in [0.1, 0.15) is 18.9 Å². The molecule has 2 rings (SSSR count). The van der Waals surface area contributed by atoms with Crippen molar-refractivity contribution in [3.05, 3.63) is 29.8 Å². The molecule has 1 heterocycles. The molecule has 0 aliphatic carbocycles. The Kier molecular flexibility index (Phi) is 3.41. The molecule has 1 aliphatic rings. The lowest BCUT2D eigenvalue weighted by atomic mass is 10.0. The summed E-state index contributed by atoms with van der Waals surface area (Å²) in [7, 11) is 0. The minimum absolute atomic E-state index is 0.0192. The van der Waals surface area contributed by atoms with Crippen LogP contribution in [0.3, 0.4) is 0 Å². The maximum atomic E-state index is 5.53. The highest BCUT2D eigenvalue weighted by Gasteiger charge is 2.20. The zero-order chi connectivity index (χ0) is 11.4. The molecule has 2 N–H and O–H groups in total. The summed E-state index contributed by atoms with van der Waals surface area (Å²) in [6.45, 7) is 3.13. The molecule has 1 aromatic rings. The van der Waals surface area contributed by atoms with Crippen molar-refractivity contribution in [2.24, 2.45) is 10.9 Å². The van der Waals surface area contributed by atoms with Gasteiger partial charge in [0.25, 0.3) is 0 Å². The van der Waals surface area contributed by atoms with Crippen molar-refractivity contribution in [3.8, 4) is 5.75 Å². The fourth-order valence-corrected chi connectivity index (χ4v) is 1.66. The number of rotatable bonds is 4. The van der Waals surface area contributed by atoms with Gasteiger partial charge >= 0.3 is 0 Å². The van der Waals surface area contributed by atoms with E-state index in [9.17, 15) is 0 Å². The third-order valence-electron chi connectivity index (χ3n) is 2.47. The first kappa shape index (κ1) is 11.0. The molecule has 0 spiro atoms.